The molecular formula is C29H28N6O3S. The zero-order valence-electron chi connectivity index (χ0n) is 21.7. The van der Waals surface area contributed by atoms with E-state index in [2.05, 4.69) is 20.2 Å². The number of carbonyl (C=O) groups is 1. The van der Waals surface area contributed by atoms with Crippen molar-refractivity contribution in [3.8, 4) is 22.8 Å². The number of benzene rings is 2. The number of oxazole rings is 1. The lowest BCUT2D eigenvalue weighted by molar-refractivity contribution is 0.0735. The predicted molar refractivity (Wildman–Crippen MR) is 147 cm³/mol. The van der Waals surface area contributed by atoms with Crippen LogP contribution in [0, 0.1) is 6.92 Å². The molecule has 4 heterocycles. The number of hydrogen-bond donors (Lipinski definition) is 1. The van der Waals surface area contributed by atoms with Crippen molar-refractivity contribution in [2.45, 2.75) is 44.7 Å². The molecule has 1 aliphatic rings. The number of amides is 1. The molecule has 0 aliphatic carbocycles. The number of hydrogen-bond acceptors (Lipinski definition) is 9. The van der Waals surface area contributed by atoms with Gasteiger partial charge in [0.25, 0.3) is 5.91 Å². The fourth-order valence-corrected chi connectivity index (χ4v) is 5.94. The predicted octanol–water partition coefficient (Wildman–Crippen LogP) is 5.55. The van der Waals surface area contributed by atoms with Gasteiger partial charge in [0.2, 0.25) is 11.8 Å². The molecule has 198 valence electrons. The Hall–Kier alpha value is -4.15. The van der Waals surface area contributed by atoms with E-state index in [9.17, 15) is 4.79 Å². The van der Waals surface area contributed by atoms with Gasteiger partial charge in [-0.25, -0.2) is 9.97 Å². The molecule has 9 nitrogen and oxygen atoms in total. The molecule has 3 aromatic heterocycles. The minimum Gasteiger partial charge on any atom is -0.444 e. The second-order valence-electron chi connectivity index (χ2n) is 10.1. The summed E-state index contributed by atoms with van der Waals surface area (Å²) in [5.41, 5.74) is 9.57. The molecule has 0 spiro atoms. The molecule has 1 amide bonds. The Labute approximate surface area is 229 Å². The van der Waals surface area contributed by atoms with Gasteiger partial charge >= 0.3 is 0 Å². The molecule has 2 N–H and O–H groups in total. The van der Waals surface area contributed by atoms with Gasteiger partial charge in [-0.15, -0.1) is 21.5 Å². The average Bonchev–Trinajstić information content (AvgIpc) is 3.74. The third kappa shape index (κ3) is 5.13. The van der Waals surface area contributed by atoms with Crippen LogP contribution in [0.15, 0.2) is 75.3 Å². The second-order valence-corrected chi connectivity index (χ2v) is 11.0. The highest BCUT2D eigenvalue weighted by molar-refractivity contribution is 7.09. The van der Waals surface area contributed by atoms with Crippen molar-refractivity contribution in [2.75, 3.05) is 6.54 Å². The molecule has 0 radical (unpaired) electrons. The molecule has 39 heavy (non-hydrogen) atoms. The number of rotatable bonds is 7. The fourth-order valence-electron chi connectivity index (χ4n) is 5.00. The van der Waals surface area contributed by atoms with Crippen LogP contribution in [0.4, 0.5) is 0 Å². The quantitative estimate of drug-likeness (QED) is 0.285. The third-order valence-corrected chi connectivity index (χ3v) is 7.97. The first-order valence-corrected chi connectivity index (χ1v) is 13.7. The lowest BCUT2D eigenvalue weighted by Crippen LogP contribution is -2.35. The largest absolute Gasteiger partial charge is 0.444 e. The van der Waals surface area contributed by atoms with E-state index in [0.29, 0.717) is 41.3 Å². The fraction of sp³-hybridized carbons (Fsp3) is 0.276. The SMILES string of the molecule is Cc1csc(C2CCCN2C(=O)c2cc(-c3cnco3)cc(-c3nnc(C(C)(N)Cc4ccccc4)o3)c2)n1. The Morgan fingerprint density at radius 3 is 2.74 bits per heavy atom. The minimum atomic E-state index is -0.873. The van der Waals surface area contributed by atoms with Gasteiger partial charge < -0.3 is 19.5 Å². The van der Waals surface area contributed by atoms with Gasteiger partial charge in [0.05, 0.1) is 17.8 Å². The Bertz CT molecular complexity index is 1590. The molecule has 1 aliphatic heterocycles. The summed E-state index contributed by atoms with van der Waals surface area (Å²) in [6, 6.07) is 15.3. The van der Waals surface area contributed by atoms with Gasteiger partial charge in [-0.1, -0.05) is 30.3 Å². The normalized spacial score (nSPS) is 16.9. The van der Waals surface area contributed by atoms with Gasteiger partial charge in [0.1, 0.15) is 5.01 Å². The number of aryl methyl sites for hydroxylation is 1. The molecule has 0 bridgehead atoms. The zero-order chi connectivity index (χ0) is 27.0. The second kappa shape index (κ2) is 10.2. The van der Waals surface area contributed by atoms with Crippen LogP contribution in [0.5, 0.6) is 0 Å². The molecule has 2 unspecified atom stereocenters. The first-order chi connectivity index (χ1) is 18.9. The van der Waals surface area contributed by atoms with Crippen LogP contribution in [0.1, 0.15) is 58.3 Å². The smallest absolute Gasteiger partial charge is 0.254 e. The van der Waals surface area contributed by atoms with E-state index in [0.717, 1.165) is 29.1 Å². The summed E-state index contributed by atoms with van der Waals surface area (Å²) in [5, 5.41) is 11.6. The highest BCUT2D eigenvalue weighted by Crippen LogP contribution is 2.36. The van der Waals surface area contributed by atoms with Crippen LogP contribution in [0.3, 0.4) is 0 Å². The Morgan fingerprint density at radius 1 is 1.18 bits per heavy atom. The summed E-state index contributed by atoms with van der Waals surface area (Å²) < 4.78 is 11.7. The maximum absolute atomic E-state index is 13.9. The average molecular weight is 541 g/mol. The molecule has 6 rings (SSSR count). The van der Waals surface area contributed by atoms with Crippen LogP contribution >= 0.6 is 11.3 Å². The summed E-state index contributed by atoms with van der Waals surface area (Å²) in [4.78, 5) is 24.5. The minimum absolute atomic E-state index is 0.0421. The van der Waals surface area contributed by atoms with E-state index < -0.39 is 5.54 Å². The first kappa shape index (κ1) is 25.1. The lowest BCUT2D eigenvalue weighted by atomic mass is 9.94. The Kier molecular flexibility index (Phi) is 6.58. The van der Waals surface area contributed by atoms with Crippen molar-refractivity contribution >= 4 is 17.2 Å². The number of nitrogens with two attached hydrogens (primary N) is 1. The lowest BCUT2D eigenvalue weighted by Gasteiger charge is -2.23. The summed E-state index contributed by atoms with van der Waals surface area (Å²) in [6.45, 7) is 4.50. The monoisotopic (exact) mass is 540 g/mol. The van der Waals surface area contributed by atoms with Gasteiger partial charge in [0.15, 0.2) is 12.2 Å². The third-order valence-electron chi connectivity index (χ3n) is 6.91. The Balaban J connectivity index is 1.35. The van der Waals surface area contributed by atoms with Crippen LogP contribution in [0.2, 0.25) is 0 Å². The maximum Gasteiger partial charge on any atom is 0.254 e. The van der Waals surface area contributed by atoms with E-state index in [1.54, 1.807) is 23.6 Å². The molecule has 1 saturated heterocycles. The summed E-state index contributed by atoms with van der Waals surface area (Å²) in [5.74, 6) is 1.05. The van der Waals surface area contributed by atoms with Gasteiger partial charge in [-0.05, 0) is 56.9 Å². The number of thiazole rings is 1. The molecule has 5 aromatic rings. The summed E-state index contributed by atoms with van der Waals surface area (Å²) in [6.07, 6.45) is 5.31. The number of nitrogens with zero attached hydrogens (tertiary/aromatic N) is 5. The first-order valence-electron chi connectivity index (χ1n) is 12.8. The van der Waals surface area contributed by atoms with Crippen LogP contribution in [-0.4, -0.2) is 37.5 Å². The molecule has 2 aromatic carbocycles. The van der Waals surface area contributed by atoms with Crippen molar-refractivity contribution in [3.05, 3.63) is 94.2 Å². The molecule has 2 atom stereocenters. The van der Waals surface area contributed by atoms with Crippen LogP contribution < -0.4 is 5.73 Å². The number of carbonyl (C=O) groups excluding carboxylic acids is 1. The van der Waals surface area contributed by atoms with E-state index in [4.69, 9.17) is 14.6 Å². The van der Waals surface area contributed by atoms with Crippen molar-refractivity contribution < 1.29 is 13.6 Å². The molecular weight excluding hydrogens is 512 g/mol. The van der Waals surface area contributed by atoms with Gasteiger partial charge in [-0.3, -0.25) is 4.79 Å². The highest BCUT2D eigenvalue weighted by Gasteiger charge is 2.33. The maximum atomic E-state index is 13.9. The number of aromatic nitrogens is 4. The van der Waals surface area contributed by atoms with Crippen molar-refractivity contribution in [2.24, 2.45) is 5.73 Å². The summed E-state index contributed by atoms with van der Waals surface area (Å²) in [7, 11) is 0. The standard InChI is InChI=1S/C29H28N6O3S/c1-18-16-39-26(32-18)23-9-6-10-35(23)27(36)22-12-20(24-15-31-17-37-24)11-21(13-22)25-33-34-28(38-25)29(2,30)14-19-7-4-3-5-8-19/h3-5,7-8,11-13,15-17,23H,6,9-10,14,30H2,1-2H3. The van der Waals surface area contributed by atoms with Gasteiger partial charge in [-0.2, -0.15) is 0 Å². The zero-order valence-corrected chi connectivity index (χ0v) is 22.5. The van der Waals surface area contributed by atoms with Crippen LogP contribution in [0.25, 0.3) is 22.8 Å². The van der Waals surface area contributed by atoms with Crippen molar-refractivity contribution in [1.82, 2.24) is 25.1 Å². The Morgan fingerprint density at radius 2 is 2.00 bits per heavy atom. The molecule has 10 heteroatoms. The molecule has 0 saturated carbocycles. The van der Waals surface area contributed by atoms with Crippen molar-refractivity contribution in [3.63, 3.8) is 0 Å². The van der Waals surface area contributed by atoms with Crippen LogP contribution in [-0.2, 0) is 12.0 Å². The highest BCUT2D eigenvalue weighted by atomic mass is 32.1. The van der Waals surface area contributed by atoms with E-state index in [1.165, 1.54) is 6.39 Å². The van der Waals surface area contributed by atoms with Gasteiger partial charge in [0, 0.05) is 34.3 Å². The topological polar surface area (TPSA) is 124 Å². The number of likely N-dealkylation sites (tertiary alicyclic amines) is 1. The molecule has 1 fully saturated rings. The van der Waals surface area contributed by atoms with E-state index in [-0.39, 0.29) is 17.8 Å². The van der Waals surface area contributed by atoms with E-state index >= 15 is 0 Å². The van der Waals surface area contributed by atoms with E-state index in [1.807, 2.05) is 66.6 Å². The summed E-state index contributed by atoms with van der Waals surface area (Å²) >= 11 is 1.60. The van der Waals surface area contributed by atoms with Crippen molar-refractivity contribution in [1.29, 1.82) is 0 Å².